The Morgan fingerprint density at radius 2 is 1.82 bits per heavy atom. The summed E-state index contributed by atoms with van der Waals surface area (Å²) in [4.78, 5) is 15.3. The van der Waals surface area contributed by atoms with E-state index in [4.69, 9.17) is 0 Å². The minimum atomic E-state index is -0.480. The topological polar surface area (TPSA) is 49.3 Å². The Hall–Kier alpha value is -2.79. The van der Waals surface area contributed by atoms with Gasteiger partial charge in [0.15, 0.2) is 0 Å². The lowest BCUT2D eigenvalue weighted by molar-refractivity contribution is -0.122. The molecule has 0 aliphatic carbocycles. The van der Waals surface area contributed by atoms with Gasteiger partial charge in [0.25, 0.3) is 0 Å². The number of fused-ring (bicyclic) bond motifs is 2. The molecule has 144 valence electrons. The van der Waals surface area contributed by atoms with Crippen LogP contribution >= 0.6 is 0 Å². The number of carbonyl (C=O) groups is 1. The molecular formula is C23H26N4O. The Bertz CT molecular complexity index is 1030. The number of benzene rings is 2. The third-order valence-electron chi connectivity index (χ3n) is 6.28. The monoisotopic (exact) mass is 374 g/mol. The van der Waals surface area contributed by atoms with Crippen LogP contribution in [-0.4, -0.2) is 34.0 Å². The highest BCUT2D eigenvalue weighted by atomic mass is 16.2. The van der Waals surface area contributed by atoms with Crippen LogP contribution in [0.15, 0.2) is 54.7 Å². The predicted octanol–water partition coefficient (Wildman–Crippen LogP) is 4.06. The maximum atomic E-state index is 12.8. The van der Waals surface area contributed by atoms with Crippen LogP contribution in [0, 0.1) is 0 Å². The van der Waals surface area contributed by atoms with Gasteiger partial charge in [-0.15, -0.1) is 0 Å². The Morgan fingerprint density at radius 1 is 1.04 bits per heavy atom. The second-order valence-electron chi connectivity index (χ2n) is 7.98. The van der Waals surface area contributed by atoms with E-state index in [1.807, 2.05) is 24.3 Å². The van der Waals surface area contributed by atoms with Gasteiger partial charge in [-0.3, -0.25) is 9.69 Å². The quantitative estimate of drug-likeness (QED) is 0.727. The van der Waals surface area contributed by atoms with Crippen LogP contribution in [0.5, 0.6) is 0 Å². The Morgan fingerprint density at radius 3 is 2.61 bits per heavy atom. The average Bonchev–Trinajstić information content (AvgIpc) is 3.13. The first kappa shape index (κ1) is 17.3. The summed E-state index contributed by atoms with van der Waals surface area (Å²) in [6, 6.07) is 16.9. The number of rotatable bonds is 3. The fourth-order valence-electron chi connectivity index (χ4n) is 4.56. The van der Waals surface area contributed by atoms with Gasteiger partial charge in [0.1, 0.15) is 5.54 Å². The molecular weight excluding hydrogens is 348 g/mol. The van der Waals surface area contributed by atoms with Crippen molar-refractivity contribution >= 4 is 28.2 Å². The van der Waals surface area contributed by atoms with E-state index in [0.717, 1.165) is 50.4 Å². The first-order chi connectivity index (χ1) is 13.7. The Kier molecular flexibility index (Phi) is 4.13. The van der Waals surface area contributed by atoms with Crippen LogP contribution in [0.4, 0.5) is 11.4 Å². The maximum Gasteiger partial charge on any atom is 0.250 e. The molecule has 1 saturated heterocycles. The molecule has 0 saturated carbocycles. The van der Waals surface area contributed by atoms with Crippen molar-refractivity contribution in [1.29, 1.82) is 0 Å². The lowest BCUT2D eigenvalue weighted by Crippen LogP contribution is -2.58. The lowest BCUT2D eigenvalue weighted by atomic mass is 9.84. The van der Waals surface area contributed by atoms with E-state index in [2.05, 4.69) is 57.5 Å². The van der Waals surface area contributed by atoms with Crippen LogP contribution in [0.25, 0.3) is 10.9 Å². The third-order valence-corrected chi connectivity index (χ3v) is 6.28. The first-order valence-electron chi connectivity index (χ1n) is 10.2. The number of aryl methyl sites for hydroxylation is 1. The Balaban J connectivity index is 1.29. The second-order valence-corrected chi connectivity index (χ2v) is 7.98. The molecule has 0 bridgehead atoms. The molecule has 0 unspecified atom stereocenters. The third kappa shape index (κ3) is 2.87. The van der Waals surface area contributed by atoms with Crippen LogP contribution in [0.3, 0.4) is 0 Å². The number of hydrogen-bond acceptors (Lipinski definition) is 3. The molecule has 1 fully saturated rings. The number of piperidine rings is 1. The van der Waals surface area contributed by atoms with E-state index in [1.54, 1.807) is 0 Å². The van der Waals surface area contributed by atoms with Crippen LogP contribution in [0.1, 0.15) is 25.3 Å². The maximum absolute atomic E-state index is 12.8. The largest absolute Gasteiger partial charge is 0.369 e. The van der Waals surface area contributed by atoms with Crippen molar-refractivity contribution in [2.75, 3.05) is 23.7 Å². The molecule has 5 rings (SSSR count). The van der Waals surface area contributed by atoms with Gasteiger partial charge >= 0.3 is 0 Å². The fraction of sp³-hybridized carbons (Fsp3) is 0.348. The molecule has 1 amide bonds. The van der Waals surface area contributed by atoms with Crippen molar-refractivity contribution in [3.8, 4) is 0 Å². The highest BCUT2D eigenvalue weighted by molar-refractivity contribution is 6.06. The highest BCUT2D eigenvalue weighted by Crippen LogP contribution is 2.36. The number of carbonyl (C=O) groups excluding carboxylic acids is 1. The van der Waals surface area contributed by atoms with Crippen molar-refractivity contribution in [3.05, 3.63) is 60.3 Å². The molecule has 0 radical (unpaired) electrons. The minimum Gasteiger partial charge on any atom is -0.369 e. The van der Waals surface area contributed by atoms with E-state index in [-0.39, 0.29) is 5.91 Å². The number of para-hydroxylation sites is 2. The summed E-state index contributed by atoms with van der Waals surface area (Å²) in [5.74, 6) is 0.105. The normalized spacial score (nSPS) is 18.7. The summed E-state index contributed by atoms with van der Waals surface area (Å²) in [6.07, 6.45) is 3.80. The molecule has 1 aromatic heterocycles. The van der Waals surface area contributed by atoms with Crippen LogP contribution in [0.2, 0.25) is 0 Å². The van der Waals surface area contributed by atoms with Crippen molar-refractivity contribution in [1.82, 2.24) is 9.47 Å². The zero-order valence-electron chi connectivity index (χ0n) is 16.2. The van der Waals surface area contributed by atoms with Gasteiger partial charge in [0.05, 0.1) is 11.4 Å². The Labute approximate surface area is 165 Å². The summed E-state index contributed by atoms with van der Waals surface area (Å²) in [6.45, 7) is 5.92. The molecule has 28 heavy (non-hydrogen) atoms. The van der Waals surface area contributed by atoms with E-state index < -0.39 is 5.54 Å². The molecule has 2 aliphatic heterocycles. The van der Waals surface area contributed by atoms with Crippen LogP contribution < -0.4 is 10.6 Å². The molecule has 5 nitrogen and oxygen atoms in total. The molecule has 1 spiro atoms. The summed E-state index contributed by atoms with van der Waals surface area (Å²) in [7, 11) is 0. The SMILES string of the molecule is CCn1ccc2ccc(CN3CCC4(CC3)Nc3ccccc3NC4=O)cc21. The molecule has 3 aromatic rings. The number of aromatic nitrogens is 1. The van der Waals surface area contributed by atoms with E-state index in [1.165, 1.54) is 16.5 Å². The van der Waals surface area contributed by atoms with Crippen molar-refractivity contribution in [2.24, 2.45) is 0 Å². The van der Waals surface area contributed by atoms with E-state index in [9.17, 15) is 4.79 Å². The van der Waals surface area contributed by atoms with Gasteiger partial charge in [-0.2, -0.15) is 0 Å². The second kappa shape index (κ2) is 6.67. The van der Waals surface area contributed by atoms with Crippen molar-refractivity contribution < 1.29 is 4.79 Å². The van der Waals surface area contributed by atoms with E-state index in [0.29, 0.717) is 0 Å². The molecule has 0 atom stereocenters. The summed E-state index contributed by atoms with van der Waals surface area (Å²) in [5, 5.41) is 7.93. The van der Waals surface area contributed by atoms with Gasteiger partial charge in [0, 0.05) is 37.9 Å². The summed E-state index contributed by atoms with van der Waals surface area (Å²) in [5.41, 5.74) is 4.07. The van der Waals surface area contributed by atoms with E-state index >= 15 is 0 Å². The van der Waals surface area contributed by atoms with Gasteiger partial charge < -0.3 is 15.2 Å². The molecule has 3 heterocycles. The number of nitrogens with one attached hydrogen (secondary N) is 2. The number of amides is 1. The molecule has 2 N–H and O–H groups in total. The lowest BCUT2D eigenvalue weighted by Gasteiger charge is -2.44. The average molecular weight is 374 g/mol. The summed E-state index contributed by atoms with van der Waals surface area (Å²) >= 11 is 0. The number of likely N-dealkylation sites (tertiary alicyclic amines) is 1. The van der Waals surface area contributed by atoms with Gasteiger partial charge in [0.2, 0.25) is 5.91 Å². The predicted molar refractivity (Wildman–Crippen MR) is 114 cm³/mol. The van der Waals surface area contributed by atoms with Gasteiger partial charge in [-0.25, -0.2) is 0 Å². The number of hydrogen-bond donors (Lipinski definition) is 2. The van der Waals surface area contributed by atoms with Crippen molar-refractivity contribution in [2.45, 2.75) is 38.4 Å². The molecule has 2 aromatic carbocycles. The zero-order chi connectivity index (χ0) is 19.1. The first-order valence-corrected chi connectivity index (χ1v) is 10.2. The number of anilines is 2. The van der Waals surface area contributed by atoms with Gasteiger partial charge in [-0.05, 0) is 55.0 Å². The zero-order valence-corrected chi connectivity index (χ0v) is 16.2. The fourth-order valence-corrected chi connectivity index (χ4v) is 4.56. The summed E-state index contributed by atoms with van der Waals surface area (Å²) < 4.78 is 2.29. The van der Waals surface area contributed by atoms with Crippen LogP contribution in [-0.2, 0) is 17.9 Å². The van der Waals surface area contributed by atoms with Gasteiger partial charge in [-0.1, -0.05) is 24.3 Å². The van der Waals surface area contributed by atoms with Crippen molar-refractivity contribution in [3.63, 3.8) is 0 Å². The highest BCUT2D eigenvalue weighted by Gasteiger charge is 2.44. The standard InChI is InChI=1S/C23H26N4O/c1-2-27-12-9-18-8-7-17(15-21(18)27)16-26-13-10-23(11-14-26)22(28)24-19-5-3-4-6-20(19)25-23/h3-9,12,15,25H,2,10-11,13-14,16H2,1H3,(H,24,28). The minimum absolute atomic E-state index is 0.105. The number of nitrogens with zero attached hydrogens (tertiary/aromatic N) is 2. The molecule has 2 aliphatic rings. The molecule has 5 heteroatoms. The smallest absolute Gasteiger partial charge is 0.250 e.